The number of hydrogen-bond acceptors (Lipinski definition) is 4. The number of halogens is 4. The Bertz CT molecular complexity index is 892. The summed E-state index contributed by atoms with van der Waals surface area (Å²) in [7, 11) is 0. The fourth-order valence-electron chi connectivity index (χ4n) is 1.87. The van der Waals surface area contributed by atoms with Crippen LogP contribution in [0, 0.1) is 17.5 Å². The second-order valence-corrected chi connectivity index (χ2v) is 5.59. The molecule has 0 atom stereocenters. The molecule has 0 heterocycles. The molecule has 2 N–H and O–H groups in total. The van der Waals surface area contributed by atoms with E-state index >= 15 is 0 Å². The summed E-state index contributed by atoms with van der Waals surface area (Å²) >= 11 is 5.65. The fourth-order valence-corrected chi connectivity index (χ4v) is 2.04. The van der Waals surface area contributed by atoms with Crippen LogP contribution >= 0.6 is 11.6 Å². The van der Waals surface area contributed by atoms with Gasteiger partial charge in [0.05, 0.1) is 12.1 Å². The molecular weight excluding hydrogens is 389 g/mol. The molecule has 0 saturated carbocycles. The van der Waals surface area contributed by atoms with E-state index in [0.29, 0.717) is 0 Å². The number of nitrogens with one attached hydrogen (secondary N) is 2. The van der Waals surface area contributed by atoms with Crippen molar-refractivity contribution in [3.8, 4) is 0 Å². The number of benzene rings is 2. The number of esters is 1. The van der Waals surface area contributed by atoms with Gasteiger partial charge in [-0.15, -0.1) is 0 Å². The van der Waals surface area contributed by atoms with E-state index in [4.69, 9.17) is 11.6 Å². The van der Waals surface area contributed by atoms with Crippen molar-refractivity contribution >= 4 is 35.1 Å². The van der Waals surface area contributed by atoms with Gasteiger partial charge < -0.3 is 15.4 Å². The molecule has 0 saturated heterocycles. The molecule has 2 aromatic carbocycles. The van der Waals surface area contributed by atoms with Gasteiger partial charge in [-0.05, 0) is 30.3 Å². The average molecular weight is 401 g/mol. The van der Waals surface area contributed by atoms with Crippen LogP contribution in [0.2, 0.25) is 5.02 Å². The molecule has 0 aliphatic heterocycles. The van der Waals surface area contributed by atoms with Crippen LogP contribution < -0.4 is 10.6 Å². The highest BCUT2D eigenvalue weighted by Gasteiger charge is 2.16. The van der Waals surface area contributed by atoms with Crippen LogP contribution in [0.3, 0.4) is 0 Å². The minimum Gasteiger partial charge on any atom is -0.452 e. The largest absolute Gasteiger partial charge is 0.452 e. The SMILES string of the molecule is O=C(COC(=O)c1cc(Cl)ccc1F)NCC(=O)Nc1ccc(F)c(F)c1. The van der Waals surface area contributed by atoms with E-state index in [9.17, 15) is 27.6 Å². The van der Waals surface area contributed by atoms with Crippen molar-refractivity contribution in [1.29, 1.82) is 0 Å². The van der Waals surface area contributed by atoms with Crippen LogP contribution in [0.15, 0.2) is 36.4 Å². The quantitative estimate of drug-likeness (QED) is 0.730. The van der Waals surface area contributed by atoms with E-state index in [1.165, 1.54) is 6.07 Å². The van der Waals surface area contributed by atoms with E-state index in [1.807, 2.05) is 0 Å². The Morgan fingerprint density at radius 3 is 2.33 bits per heavy atom. The van der Waals surface area contributed by atoms with Crippen molar-refractivity contribution in [3.63, 3.8) is 0 Å². The smallest absolute Gasteiger partial charge is 0.341 e. The minimum absolute atomic E-state index is 0.00370. The summed E-state index contributed by atoms with van der Waals surface area (Å²) in [5, 5.41) is 4.50. The highest BCUT2D eigenvalue weighted by molar-refractivity contribution is 6.30. The second kappa shape index (κ2) is 9.04. The molecular formula is C17H12ClF3N2O4. The van der Waals surface area contributed by atoms with Crippen molar-refractivity contribution in [3.05, 3.63) is 64.4 Å². The summed E-state index contributed by atoms with van der Waals surface area (Å²) < 4.78 is 44.0. The van der Waals surface area contributed by atoms with Gasteiger partial charge in [-0.25, -0.2) is 18.0 Å². The molecule has 0 aliphatic rings. The lowest BCUT2D eigenvalue weighted by atomic mass is 10.2. The third kappa shape index (κ3) is 6.00. The average Bonchev–Trinajstić information content (AvgIpc) is 2.63. The first kappa shape index (κ1) is 20.2. The first-order chi connectivity index (χ1) is 12.8. The maximum Gasteiger partial charge on any atom is 0.341 e. The van der Waals surface area contributed by atoms with Gasteiger partial charge in [-0.2, -0.15) is 0 Å². The predicted octanol–water partition coefficient (Wildman–Crippen LogP) is 2.67. The standard InChI is InChI=1S/C17H12ClF3N2O4/c18-9-1-3-12(19)11(5-9)17(26)27-8-16(25)22-7-15(24)23-10-2-4-13(20)14(21)6-10/h1-6H,7-8H2,(H,22,25)(H,23,24). The molecule has 0 bridgehead atoms. The van der Waals surface area contributed by atoms with E-state index in [2.05, 4.69) is 15.4 Å². The lowest BCUT2D eigenvalue weighted by Gasteiger charge is -2.08. The Hall–Kier alpha value is -3.07. The summed E-state index contributed by atoms with van der Waals surface area (Å²) in [6.45, 7) is -1.27. The summed E-state index contributed by atoms with van der Waals surface area (Å²) in [5.74, 6) is -5.73. The number of carbonyl (C=O) groups is 3. The molecule has 10 heteroatoms. The van der Waals surface area contributed by atoms with E-state index in [1.54, 1.807) is 0 Å². The number of amides is 2. The number of ether oxygens (including phenoxy) is 1. The molecule has 0 unspecified atom stereocenters. The molecule has 0 aliphatic carbocycles. The number of carbonyl (C=O) groups excluding carboxylic acids is 3. The Balaban J connectivity index is 1.78. The molecule has 0 aromatic heterocycles. The first-order valence-corrected chi connectivity index (χ1v) is 7.78. The van der Waals surface area contributed by atoms with Crippen LogP contribution in [-0.4, -0.2) is 30.9 Å². The third-order valence-corrected chi connectivity index (χ3v) is 3.37. The fraction of sp³-hybridized carbons (Fsp3) is 0.118. The van der Waals surface area contributed by atoms with Gasteiger partial charge in [0.15, 0.2) is 18.2 Å². The lowest BCUT2D eigenvalue weighted by Crippen LogP contribution is -2.35. The second-order valence-electron chi connectivity index (χ2n) is 5.15. The van der Waals surface area contributed by atoms with Crippen molar-refractivity contribution in [2.75, 3.05) is 18.5 Å². The normalized spacial score (nSPS) is 10.2. The Labute approximate surface area is 156 Å². The van der Waals surface area contributed by atoms with Crippen LogP contribution in [0.5, 0.6) is 0 Å². The van der Waals surface area contributed by atoms with Gasteiger partial charge in [0.1, 0.15) is 5.82 Å². The zero-order valence-corrected chi connectivity index (χ0v) is 14.3. The molecule has 2 aromatic rings. The highest BCUT2D eigenvalue weighted by atomic mass is 35.5. The summed E-state index contributed by atoms with van der Waals surface area (Å²) in [5.41, 5.74) is -0.442. The minimum atomic E-state index is -1.14. The van der Waals surface area contributed by atoms with Crippen molar-refractivity contribution in [2.45, 2.75) is 0 Å². The maximum absolute atomic E-state index is 13.5. The van der Waals surface area contributed by atoms with Gasteiger partial charge in [-0.3, -0.25) is 9.59 Å². The van der Waals surface area contributed by atoms with Crippen LogP contribution in [0.25, 0.3) is 0 Å². The Morgan fingerprint density at radius 1 is 0.926 bits per heavy atom. The molecule has 2 rings (SSSR count). The zero-order chi connectivity index (χ0) is 20.0. The van der Waals surface area contributed by atoms with E-state index < -0.39 is 54.0 Å². The predicted molar refractivity (Wildman–Crippen MR) is 89.7 cm³/mol. The Morgan fingerprint density at radius 2 is 1.63 bits per heavy atom. The lowest BCUT2D eigenvalue weighted by molar-refractivity contribution is -0.126. The molecule has 0 radical (unpaired) electrons. The third-order valence-electron chi connectivity index (χ3n) is 3.13. The molecule has 2 amide bonds. The molecule has 142 valence electrons. The highest BCUT2D eigenvalue weighted by Crippen LogP contribution is 2.16. The van der Waals surface area contributed by atoms with E-state index in [0.717, 1.165) is 30.3 Å². The van der Waals surface area contributed by atoms with Crippen LogP contribution in [0.4, 0.5) is 18.9 Å². The van der Waals surface area contributed by atoms with Crippen molar-refractivity contribution in [2.24, 2.45) is 0 Å². The Kier molecular flexibility index (Phi) is 6.78. The van der Waals surface area contributed by atoms with Crippen molar-refractivity contribution < 1.29 is 32.3 Å². The summed E-state index contributed by atoms with van der Waals surface area (Å²) in [6.07, 6.45) is 0. The van der Waals surface area contributed by atoms with Gasteiger partial charge in [0.25, 0.3) is 5.91 Å². The number of anilines is 1. The molecule has 27 heavy (non-hydrogen) atoms. The molecule has 0 fully saturated rings. The van der Waals surface area contributed by atoms with Gasteiger partial charge in [-0.1, -0.05) is 11.6 Å². The topological polar surface area (TPSA) is 84.5 Å². The summed E-state index contributed by atoms with van der Waals surface area (Å²) in [6, 6.07) is 6.01. The zero-order valence-electron chi connectivity index (χ0n) is 13.5. The monoisotopic (exact) mass is 400 g/mol. The maximum atomic E-state index is 13.5. The number of hydrogen-bond donors (Lipinski definition) is 2. The van der Waals surface area contributed by atoms with Gasteiger partial charge in [0.2, 0.25) is 5.91 Å². The van der Waals surface area contributed by atoms with Gasteiger partial charge >= 0.3 is 5.97 Å². The number of rotatable bonds is 6. The van der Waals surface area contributed by atoms with Crippen LogP contribution in [0.1, 0.15) is 10.4 Å². The first-order valence-electron chi connectivity index (χ1n) is 7.40. The van der Waals surface area contributed by atoms with Crippen molar-refractivity contribution in [1.82, 2.24) is 5.32 Å². The van der Waals surface area contributed by atoms with Gasteiger partial charge in [0, 0.05) is 16.8 Å². The molecule has 6 nitrogen and oxygen atoms in total. The van der Waals surface area contributed by atoms with Crippen LogP contribution in [-0.2, 0) is 14.3 Å². The van der Waals surface area contributed by atoms with E-state index in [-0.39, 0.29) is 10.7 Å². The summed E-state index contributed by atoms with van der Waals surface area (Å²) in [4.78, 5) is 34.9. The molecule has 0 spiro atoms.